The third-order valence-corrected chi connectivity index (χ3v) is 3.73. The first-order valence-corrected chi connectivity index (χ1v) is 5.45. The van der Waals surface area contributed by atoms with Crippen molar-refractivity contribution in [1.82, 2.24) is 0 Å². The van der Waals surface area contributed by atoms with E-state index >= 15 is 0 Å². The SMILES string of the molecule is CCc1cc(C)sc1SC. The molecule has 0 aliphatic carbocycles. The molecule has 0 radical (unpaired) electrons. The molecule has 0 unspecified atom stereocenters. The zero-order valence-corrected chi connectivity index (χ0v) is 8.23. The van der Waals surface area contributed by atoms with Gasteiger partial charge < -0.3 is 0 Å². The van der Waals surface area contributed by atoms with Gasteiger partial charge in [-0.25, -0.2) is 0 Å². The van der Waals surface area contributed by atoms with Crippen molar-refractivity contribution in [3.05, 3.63) is 16.5 Å². The van der Waals surface area contributed by atoms with Crippen LogP contribution in [0.2, 0.25) is 0 Å². The van der Waals surface area contributed by atoms with Gasteiger partial charge in [0.05, 0.1) is 4.21 Å². The molecule has 1 heterocycles. The lowest BCUT2D eigenvalue weighted by Crippen LogP contribution is -1.74. The molecule has 1 aromatic heterocycles. The Labute approximate surface area is 70.7 Å². The van der Waals surface area contributed by atoms with Crippen molar-refractivity contribution in [1.29, 1.82) is 0 Å². The highest BCUT2D eigenvalue weighted by Gasteiger charge is 2.02. The standard InChI is InChI=1S/C8H12S2/c1-4-7-5-6(2)10-8(7)9-3/h5H,4H2,1-3H3. The summed E-state index contributed by atoms with van der Waals surface area (Å²) >= 11 is 3.76. The fraction of sp³-hybridized carbons (Fsp3) is 0.500. The van der Waals surface area contributed by atoms with E-state index in [9.17, 15) is 0 Å². The van der Waals surface area contributed by atoms with E-state index in [4.69, 9.17) is 0 Å². The van der Waals surface area contributed by atoms with Gasteiger partial charge in [-0.05, 0) is 31.2 Å². The van der Waals surface area contributed by atoms with Crippen LogP contribution in [0.5, 0.6) is 0 Å². The summed E-state index contributed by atoms with van der Waals surface area (Å²) in [6, 6.07) is 2.29. The van der Waals surface area contributed by atoms with E-state index in [0.717, 1.165) is 0 Å². The topological polar surface area (TPSA) is 0 Å². The van der Waals surface area contributed by atoms with Gasteiger partial charge in [-0.15, -0.1) is 23.1 Å². The van der Waals surface area contributed by atoms with E-state index < -0.39 is 0 Å². The maximum absolute atomic E-state index is 2.29. The molecule has 0 aromatic carbocycles. The number of rotatable bonds is 2. The fourth-order valence-corrected chi connectivity index (χ4v) is 2.99. The molecule has 1 rings (SSSR count). The van der Waals surface area contributed by atoms with Crippen molar-refractivity contribution in [3.8, 4) is 0 Å². The van der Waals surface area contributed by atoms with Crippen LogP contribution in [0.3, 0.4) is 0 Å². The minimum atomic E-state index is 1.17. The van der Waals surface area contributed by atoms with Crippen molar-refractivity contribution in [3.63, 3.8) is 0 Å². The predicted octanol–water partition coefficient (Wildman–Crippen LogP) is 3.34. The summed E-state index contributed by atoms with van der Waals surface area (Å²) < 4.78 is 1.49. The highest BCUT2D eigenvalue weighted by molar-refractivity contribution is 8.00. The molecule has 0 saturated carbocycles. The molecule has 0 bridgehead atoms. The number of thiophene rings is 1. The molecule has 0 N–H and O–H groups in total. The molecule has 0 spiro atoms. The van der Waals surface area contributed by atoms with E-state index in [2.05, 4.69) is 26.2 Å². The van der Waals surface area contributed by atoms with Crippen LogP contribution in [0.25, 0.3) is 0 Å². The van der Waals surface area contributed by atoms with Gasteiger partial charge in [0, 0.05) is 4.88 Å². The molecule has 0 amide bonds. The smallest absolute Gasteiger partial charge is 0.0630 e. The number of hydrogen-bond acceptors (Lipinski definition) is 2. The third kappa shape index (κ3) is 1.55. The van der Waals surface area contributed by atoms with Crippen LogP contribution in [-0.4, -0.2) is 6.26 Å². The van der Waals surface area contributed by atoms with Crippen LogP contribution in [0.4, 0.5) is 0 Å². The van der Waals surface area contributed by atoms with Gasteiger partial charge >= 0.3 is 0 Å². The lowest BCUT2D eigenvalue weighted by molar-refractivity contribution is 1.12. The predicted molar refractivity (Wildman–Crippen MR) is 50.2 cm³/mol. The monoisotopic (exact) mass is 172 g/mol. The normalized spacial score (nSPS) is 10.3. The van der Waals surface area contributed by atoms with Gasteiger partial charge in [0.25, 0.3) is 0 Å². The Morgan fingerprint density at radius 2 is 2.30 bits per heavy atom. The molecule has 0 aliphatic rings. The Hall–Kier alpha value is 0.0500. The summed E-state index contributed by atoms with van der Waals surface area (Å²) in [7, 11) is 0. The van der Waals surface area contributed by atoms with Crippen LogP contribution in [0.15, 0.2) is 10.3 Å². The van der Waals surface area contributed by atoms with E-state index in [1.54, 1.807) is 0 Å². The molecule has 0 atom stereocenters. The van der Waals surface area contributed by atoms with Crippen LogP contribution < -0.4 is 0 Å². The molecule has 0 saturated heterocycles. The number of hydrogen-bond donors (Lipinski definition) is 0. The highest BCUT2D eigenvalue weighted by atomic mass is 32.2. The van der Waals surface area contributed by atoms with Gasteiger partial charge in [-0.2, -0.15) is 0 Å². The maximum atomic E-state index is 2.29. The van der Waals surface area contributed by atoms with Crippen LogP contribution in [0.1, 0.15) is 17.4 Å². The Morgan fingerprint density at radius 3 is 2.70 bits per heavy atom. The highest BCUT2D eigenvalue weighted by Crippen LogP contribution is 2.30. The van der Waals surface area contributed by atoms with E-state index in [0.29, 0.717) is 0 Å². The van der Waals surface area contributed by atoms with Gasteiger partial charge in [0.2, 0.25) is 0 Å². The molecule has 1 aromatic rings. The molecule has 0 fully saturated rings. The molecular formula is C8H12S2. The molecule has 56 valence electrons. The number of thioether (sulfide) groups is 1. The average Bonchev–Trinajstić information content (AvgIpc) is 2.30. The van der Waals surface area contributed by atoms with Gasteiger partial charge in [0.1, 0.15) is 0 Å². The fourth-order valence-electron chi connectivity index (χ4n) is 0.965. The van der Waals surface area contributed by atoms with E-state index in [1.165, 1.54) is 21.1 Å². The Kier molecular flexibility index (Phi) is 2.81. The minimum absolute atomic E-state index is 1.17. The summed E-state index contributed by atoms with van der Waals surface area (Å²) in [6.07, 6.45) is 3.31. The molecule has 0 aliphatic heterocycles. The van der Waals surface area contributed by atoms with Gasteiger partial charge in [-0.1, -0.05) is 6.92 Å². The first kappa shape index (κ1) is 8.15. The van der Waals surface area contributed by atoms with Crippen molar-refractivity contribution < 1.29 is 0 Å². The third-order valence-electron chi connectivity index (χ3n) is 1.46. The summed E-state index contributed by atoms with van der Waals surface area (Å²) in [5.41, 5.74) is 1.51. The zero-order valence-electron chi connectivity index (χ0n) is 6.60. The van der Waals surface area contributed by atoms with Gasteiger partial charge in [-0.3, -0.25) is 0 Å². The lowest BCUT2D eigenvalue weighted by Gasteiger charge is -1.92. The van der Waals surface area contributed by atoms with Gasteiger partial charge in [0.15, 0.2) is 0 Å². The first-order chi connectivity index (χ1) is 4.77. The molecule has 0 nitrogen and oxygen atoms in total. The zero-order chi connectivity index (χ0) is 7.56. The summed E-state index contributed by atoms with van der Waals surface area (Å²) in [5.74, 6) is 0. The summed E-state index contributed by atoms with van der Waals surface area (Å²) in [5, 5.41) is 0. The van der Waals surface area contributed by atoms with E-state index in [-0.39, 0.29) is 0 Å². The largest absolute Gasteiger partial charge is 0.134 e. The van der Waals surface area contributed by atoms with E-state index in [1.807, 2.05) is 23.1 Å². The maximum Gasteiger partial charge on any atom is 0.0630 e. The lowest BCUT2D eigenvalue weighted by atomic mass is 10.2. The number of aryl methyl sites for hydroxylation is 2. The van der Waals surface area contributed by atoms with Crippen molar-refractivity contribution in [2.75, 3.05) is 6.26 Å². The molecule has 10 heavy (non-hydrogen) atoms. The molecule has 2 heteroatoms. The second-order valence-electron chi connectivity index (χ2n) is 2.23. The second kappa shape index (κ2) is 3.44. The summed E-state index contributed by atoms with van der Waals surface area (Å²) in [4.78, 5) is 1.43. The summed E-state index contributed by atoms with van der Waals surface area (Å²) in [6.45, 7) is 4.38. The van der Waals surface area contributed by atoms with Crippen LogP contribution in [0, 0.1) is 6.92 Å². The second-order valence-corrected chi connectivity index (χ2v) is 4.56. The Balaban J connectivity index is 2.96. The van der Waals surface area contributed by atoms with Crippen molar-refractivity contribution in [2.24, 2.45) is 0 Å². The van der Waals surface area contributed by atoms with Crippen molar-refractivity contribution in [2.45, 2.75) is 24.5 Å². The van der Waals surface area contributed by atoms with Crippen LogP contribution >= 0.6 is 23.1 Å². The van der Waals surface area contributed by atoms with Crippen LogP contribution in [-0.2, 0) is 6.42 Å². The quantitative estimate of drug-likeness (QED) is 0.617. The minimum Gasteiger partial charge on any atom is -0.134 e. The Bertz CT molecular complexity index is 192. The van der Waals surface area contributed by atoms with Crippen molar-refractivity contribution >= 4 is 23.1 Å². The average molecular weight is 172 g/mol. The first-order valence-electron chi connectivity index (χ1n) is 3.41. The Morgan fingerprint density at radius 1 is 1.60 bits per heavy atom. The molecular weight excluding hydrogens is 160 g/mol.